The van der Waals surface area contributed by atoms with Crippen LogP contribution in [-0.4, -0.2) is 30.2 Å². The minimum Gasteiger partial charge on any atom is -0.481 e. The number of carbonyl (C=O) groups is 1. The molecule has 0 atom stereocenters. The van der Waals surface area contributed by atoms with E-state index in [4.69, 9.17) is 9.47 Å². The first-order chi connectivity index (χ1) is 9.71. The van der Waals surface area contributed by atoms with Crippen molar-refractivity contribution in [3.63, 3.8) is 0 Å². The number of rotatable bonds is 4. The first kappa shape index (κ1) is 13.6. The quantitative estimate of drug-likeness (QED) is 0.888. The standard InChI is InChI=1S/C13H14N4O3/c1-14-10-8-11(19-2)16-12(15-10)17-13(18)20-9-6-4-3-5-7-9/h3-8H,1-2H3,(H2,14,15,16,17,18). The SMILES string of the molecule is CNc1cc(OC)nc(NC(=O)Oc2ccccc2)n1. The monoisotopic (exact) mass is 274 g/mol. The molecule has 0 fully saturated rings. The predicted octanol–water partition coefficient (Wildman–Crippen LogP) is 2.14. The summed E-state index contributed by atoms with van der Waals surface area (Å²) in [5, 5.41) is 5.28. The normalized spacial score (nSPS) is 9.70. The van der Waals surface area contributed by atoms with Gasteiger partial charge in [-0.3, -0.25) is 5.32 Å². The van der Waals surface area contributed by atoms with E-state index in [0.717, 1.165) is 0 Å². The van der Waals surface area contributed by atoms with Crippen LogP contribution in [0.3, 0.4) is 0 Å². The molecule has 2 aromatic rings. The molecule has 0 aliphatic heterocycles. The predicted molar refractivity (Wildman–Crippen MR) is 74.2 cm³/mol. The molecule has 2 N–H and O–H groups in total. The van der Waals surface area contributed by atoms with Gasteiger partial charge in [-0.05, 0) is 12.1 Å². The molecule has 1 aromatic heterocycles. The van der Waals surface area contributed by atoms with Gasteiger partial charge in [0.05, 0.1) is 7.11 Å². The van der Waals surface area contributed by atoms with Crippen molar-refractivity contribution in [3.05, 3.63) is 36.4 Å². The molecule has 0 radical (unpaired) electrons. The number of nitrogens with one attached hydrogen (secondary N) is 2. The average Bonchev–Trinajstić information content (AvgIpc) is 2.47. The van der Waals surface area contributed by atoms with Gasteiger partial charge >= 0.3 is 6.09 Å². The Morgan fingerprint density at radius 2 is 1.95 bits per heavy atom. The fourth-order valence-electron chi connectivity index (χ4n) is 1.43. The maximum atomic E-state index is 11.7. The van der Waals surface area contributed by atoms with Crippen molar-refractivity contribution in [2.75, 3.05) is 24.8 Å². The van der Waals surface area contributed by atoms with Gasteiger partial charge in [-0.15, -0.1) is 0 Å². The first-order valence-corrected chi connectivity index (χ1v) is 5.86. The second-order valence-electron chi connectivity index (χ2n) is 3.70. The van der Waals surface area contributed by atoms with Gasteiger partial charge in [0.2, 0.25) is 11.8 Å². The number of para-hydroxylation sites is 1. The average molecular weight is 274 g/mol. The second-order valence-corrected chi connectivity index (χ2v) is 3.70. The van der Waals surface area contributed by atoms with E-state index in [-0.39, 0.29) is 5.95 Å². The van der Waals surface area contributed by atoms with Gasteiger partial charge in [-0.2, -0.15) is 9.97 Å². The number of ether oxygens (including phenoxy) is 2. The molecule has 1 heterocycles. The van der Waals surface area contributed by atoms with E-state index in [0.29, 0.717) is 17.4 Å². The Bertz CT molecular complexity index is 567. The zero-order valence-corrected chi connectivity index (χ0v) is 11.1. The van der Waals surface area contributed by atoms with E-state index in [1.54, 1.807) is 37.4 Å². The molecule has 0 aliphatic rings. The van der Waals surface area contributed by atoms with Gasteiger partial charge < -0.3 is 14.8 Å². The van der Waals surface area contributed by atoms with E-state index < -0.39 is 6.09 Å². The molecule has 0 bridgehead atoms. The van der Waals surface area contributed by atoms with E-state index >= 15 is 0 Å². The van der Waals surface area contributed by atoms with E-state index in [1.807, 2.05) is 6.07 Å². The van der Waals surface area contributed by atoms with Crippen molar-refractivity contribution in [2.24, 2.45) is 0 Å². The number of methoxy groups -OCH3 is 1. The van der Waals surface area contributed by atoms with Gasteiger partial charge in [0.25, 0.3) is 0 Å². The van der Waals surface area contributed by atoms with Crippen molar-refractivity contribution in [1.29, 1.82) is 0 Å². The third-order valence-electron chi connectivity index (χ3n) is 2.34. The van der Waals surface area contributed by atoms with Crippen molar-refractivity contribution >= 4 is 17.9 Å². The van der Waals surface area contributed by atoms with Crippen LogP contribution in [0, 0.1) is 0 Å². The van der Waals surface area contributed by atoms with Crippen LogP contribution in [0.25, 0.3) is 0 Å². The van der Waals surface area contributed by atoms with Crippen LogP contribution in [-0.2, 0) is 0 Å². The molecule has 1 aromatic carbocycles. The second kappa shape index (κ2) is 6.37. The molecule has 0 unspecified atom stereocenters. The third kappa shape index (κ3) is 3.58. The molecule has 104 valence electrons. The first-order valence-electron chi connectivity index (χ1n) is 5.86. The summed E-state index contributed by atoms with van der Waals surface area (Å²) in [5.74, 6) is 1.38. The summed E-state index contributed by atoms with van der Waals surface area (Å²) >= 11 is 0. The Morgan fingerprint density at radius 3 is 2.60 bits per heavy atom. The Morgan fingerprint density at radius 1 is 1.20 bits per heavy atom. The summed E-state index contributed by atoms with van der Waals surface area (Å²) in [7, 11) is 3.18. The Hall–Kier alpha value is -2.83. The molecule has 7 nitrogen and oxygen atoms in total. The molecule has 0 saturated heterocycles. The van der Waals surface area contributed by atoms with E-state index in [9.17, 15) is 4.79 Å². The van der Waals surface area contributed by atoms with Crippen LogP contribution >= 0.6 is 0 Å². The van der Waals surface area contributed by atoms with Gasteiger partial charge in [-0.1, -0.05) is 18.2 Å². The van der Waals surface area contributed by atoms with Crippen LogP contribution in [0.5, 0.6) is 11.6 Å². The molecule has 0 saturated carbocycles. The van der Waals surface area contributed by atoms with E-state index in [1.165, 1.54) is 7.11 Å². The Balaban J connectivity index is 2.07. The van der Waals surface area contributed by atoms with Gasteiger partial charge in [0.1, 0.15) is 11.6 Å². The van der Waals surface area contributed by atoms with Crippen LogP contribution in [0.4, 0.5) is 16.6 Å². The fourth-order valence-corrected chi connectivity index (χ4v) is 1.43. The highest BCUT2D eigenvalue weighted by Crippen LogP contribution is 2.16. The molecule has 2 rings (SSSR count). The lowest BCUT2D eigenvalue weighted by molar-refractivity contribution is 0.215. The topological polar surface area (TPSA) is 85.4 Å². The molecular weight excluding hydrogens is 260 g/mol. The Labute approximate surface area is 116 Å². The van der Waals surface area contributed by atoms with Crippen LogP contribution in [0.2, 0.25) is 0 Å². The summed E-state index contributed by atoms with van der Waals surface area (Å²) in [6.07, 6.45) is -0.675. The van der Waals surface area contributed by atoms with Crippen molar-refractivity contribution in [3.8, 4) is 11.6 Å². The molecule has 20 heavy (non-hydrogen) atoms. The number of nitrogens with zero attached hydrogens (tertiary/aromatic N) is 2. The number of aromatic nitrogens is 2. The lowest BCUT2D eigenvalue weighted by atomic mass is 10.3. The van der Waals surface area contributed by atoms with Gasteiger partial charge in [-0.25, -0.2) is 4.79 Å². The highest BCUT2D eigenvalue weighted by Gasteiger charge is 2.09. The summed E-state index contributed by atoms with van der Waals surface area (Å²) in [4.78, 5) is 19.8. The molecule has 1 amide bonds. The smallest absolute Gasteiger partial charge is 0.419 e. The number of benzene rings is 1. The van der Waals surface area contributed by atoms with E-state index in [2.05, 4.69) is 20.6 Å². The van der Waals surface area contributed by atoms with Crippen molar-refractivity contribution in [2.45, 2.75) is 0 Å². The number of anilines is 2. The minimum absolute atomic E-state index is 0.0923. The summed E-state index contributed by atoms with van der Waals surface area (Å²) in [5.41, 5.74) is 0. The zero-order chi connectivity index (χ0) is 14.4. The number of hydrogen-bond acceptors (Lipinski definition) is 6. The maximum absolute atomic E-state index is 11.7. The largest absolute Gasteiger partial charge is 0.481 e. The number of hydrogen-bond donors (Lipinski definition) is 2. The lowest BCUT2D eigenvalue weighted by Crippen LogP contribution is -2.19. The van der Waals surface area contributed by atoms with Gasteiger partial charge in [0, 0.05) is 13.1 Å². The summed E-state index contributed by atoms with van der Waals surface area (Å²) in [6.45, 7) is 0. The summed E-state index contributed by atoms with van der Waals surface area (Å²) < 4.78 is 10.1. The molecular formula is C13H14N4O3. The van der Waals surface area contributed by atoms with Crippen LogP contribution in [0.1, 0.15) is 0 Å². The van der Waals surface area contributed by atoms with Crippen molar-refractivity contribution in [1.82, 2.24) is 9.97 Å². The van der Waals surface area contributed by atoms with Gasteiger partial charge in [0.15, 0.2) is 0 Å². The molecule has 0 aliphatic carbocycles. The minimum atomic E-state index is -0.675. The zero-order valence-electron chi connectivity index (χ0n) is 11.1. The van der Waals surface area contributed by atoms with Crippen LogP contribution < -0.4 is 20.1 Å². The number of carbonyl (C=O) groups excluding carboxylic acids is 1. The fraction of sp³-hybridized carbons (Fsp3) is 0.154. The maximum Gasteiger partial charge on any atom is 0.419 e. The molecule has 7 heteroatoms. The van der Waals surface area contributed by atoms with Crippen LogP contribution in [0.15, 0.2) is 36.4 Å². The third-order valence-corrected chi connectivity index (χ3v) is 2.34. The molecule has 0 spiro atoms. The highest BCUT2D eigenvalue weighted by atomic mass is 16.6. The Kier molecular flexibility index (Phi) is 4.33. The lowest BCUT2D eigenvalue weighted by Gasteiger charge is -2.08. The highest BCUT2D eigenvalue weighted by molar-refractivity contribution is 5.84. The van der Waals surface area contributed by atoms with Crippen molar-refractivity contribution < 1.29 is 14.3 Å². The summed E-state index contributed by atoms with van der Waals surface area (Å²) in [6, 6.07) is 10.3. The number of amides is 1.